The summed E-state index contributed by atoms with van der Waals surface area (Å²) >= 11 is 0. The van der Waals surface area contributed by atoms with Gasteiger partial charge in [-0.25, -0.2) is 9.97 Å². The van der Waals surface area contributed by atoms with Crippen molar-refractivity contribution in [3.8, 4) is 11.4 Å². The molecule has 0 saturated carbocycles. The van der Waals surface area contributed by atoms with Crippen molar-refractivity contribution >= 4 is 34.1 Å². The molecule has 1 aliphatic rings. The smallest absolute Gasteiger partial charge is 0.242 e. The Morgan fingerprint density at radius 1 is 1.06 bits per heavy atom. The lowest BCUT2D eigenvalue weighted by Gasteiger charge is -2.16. The second-order valence-corrected chi connectivity index (χ2v) is 8.05. The van der Waals surface area contributed by atoms with Crippen molar-refractivity contribution in [1.29, 1.82) is 0 Å². The Hall–Kier alpha value is -3.68. The fraction of sp³-hybridized carbons (Fsp3) is 0.304. The minimum absolute atomic E-state index is 0.000205. The summed E-state index contributed by atoms with van der Waals surface area (Å²) in [7, 11) is 4.02. The highest BCUT2D eigenvalue weighted by Crippen LogP contribution is 2.26. The molecule has 4 aromatic rings. The van der Waals surface area contributed by atoms with E-state index in [2.05, 4.69) is 15.5 Å². The first-order valence-corrected chi connectivity index (χ1v) is 10.6. The van der Waals surface area contributed by atoms with Crippen LogP contribution in [0.5, 0.6) is 0 Å². The minimum Gasteiger partial charge on any atom is -0.378 e. The predicted octanol–water partition coefficient (Wildman–Crippen LogP) is 3.09. The molecule has 0 radical (unpaired) electrons. The summed E-state index contributed by atoms with van der Waals surface area (Å²) in [6.45, 7) is 0.716. The lowest BCUT2D eigenvalue weighted by atomic mass is 10.1. The van der Waals surface area contributed by atoms with Gasteiger partial charge >= 0.3 is 0 Å². The molecule has 2 aromatic carbocycles. The standard InChI is InChI=1S/C23H25N7O/c1-29(2)16-12-10-15(11-13-16)20-27-21-17-7-3-4-8-18(17)25-23(30(21)28-20)26-19-9-5-6-14-24-22(19)31/h3-4,7-8,10-13,19H,5-6,9,14H2,1-2H3,(H,24,31)(H,25,26)/t19-/m1/s1. The molecule has 1 saturated heterocycles. The van der Waals surface area contributed by atoms with Crippen LogP contribution in [0.4, 0.5) is 11.6 Å². The molecule has 1 amide bonds. The lowest BCUT2D eigenvalue weighted by molar-refractivity contribution is -0.121. The Balaban J connectivity index is 1.61. The fourth-order valence-electron chi connectivity index (χ4n) is 3.91. The van der Waals surface area contributed by atoms with E-state index in [1.807, 2.05) is 62.6 Å². The summed E-state index contributed by atoms with van der Waals surface area (Å²) in [6.07, 6.45) is 2.73. The van der Waals surface area contributed by atoms with Gasteiger partial charge in [-0.2, -0.15) is 4.52 Å². The molecule has 8 heteroatoms. The Kier molecular flexibility index (Phi) is 4.89. The van der Waals surface area contributed by atoms with Crippen LogP contribution in [0.25, 0.3) is 27.9 Å². The molecule has 2 N–H and O–H groups in total. The molecule has 0 unspecified atom stereocenters. The summed E-state index contributed by atoms with van der Waals surface area (Å²) in [4.78, 5) is 24.1. The summed E-state index contributed by atoms with van der Waals surface area (Å²) in [6, 6.07) is 15.7. The molecular weight excluding hydrogens is 390 g/mol. The number of aromatic nitrogens is 4. The number of amides is 1. The van der Waals surface area contributed by atoms with E-state index in [4.69, 9.17) is 15.1 Å². The van der Waals surface area contributed by atoms with Crippen molar-refractivity contribution < 1.29 is 4.79 Å². The van der Waals surface area contributed by atoms with E-state index < -0.39 is 0 Å². The van der Waals surface area contributed by atoms with E-state index >= 15 is 0 Å². The van der Waals surface area contributed by atoms with Crippen LogP contribution in [-0.4, -0.2) is 52.2 Å². The summed E-state index contributed by atoms with van der Waals surface area (Å²) in [5.74, 6) is 1.15. The predicted molar refractivity (Wildman–Crippen MR) is 122 cm³/mol. The molecule has 1 atom stereocenters. The third kappa shape index (κ3) is 3.65. The Morgan fingerprint density at radius 3 is 2.68 bits per heavy atom. The number of nitrogens with zero attached hydrogens (tertiary/aromatic N) is 5. The topological polar surface area (TPSA) is 87.5 Å². The fourth-order valence-corrected chi connectivity index (χ4v) is 3.91. The maximum absolute atomic E-state index is 12.5. The summed E-state index contributed by atoms with van der Waals surface area (Å²) in [5.41, 5.74) is 3.57. The van der Waals surface area contributed by atoms with Gasteiger partial charge in [-0.1, -0.05) is 12.1 Å². The van der Waals surface area contributed by atoms with E-state index in [9.17, 15) is 4.79 Å². The van der Waals surface area contributed by atoms with E-state index in [1.54, 1.807) is 4.52 Å². The second kappa shape index (κ2) is 7.86. The quantitative estimate of drug-likeness (QED) is 0.533. The molecule has 0 spiro atoms. The molecule has 5 rings (SSSR count). The number of rotatable bonds is 4. The van der Waals surface area contributed by atoms with Gasteiger partial charge in [0.25, 0.3) is 0 Å². The van der Waals surface area contributed by atoms with Gasteiger partial charge < -0.3 is 15.5 Å². The molecular formula is C23H25N7O. The minimum atomic E-state index is -0.341. The number of carbonyl (C=O) groups excluding carboxylic acids is 1. The lowest BCUT2D eigenvalue weighted by Crippen LogP contribution is -2.38. The molecule has 8 nitrogen and oxygen atoms in total. The van der Waals surface area contributed by atoms with E-state index in [0.29, 0.717) is 24.0 Å². The summed E-state index contributed by atoms with van der Waals surface area (Å²) < 4.78 is 1.72. The van der Waals surface area contributed by atoms with E-state index in [-0.39, 0.29) is 11.9 Å². The molecule has 1 aliphatic heterocycles. The number of hydrogen-bond acceptors (Lipinski definition) is 6. The third-order valence-corrected chi connectivity index (χ3v) is 5.66. The highest BCUT2D eigenvalue weighted by Gasteiger charge is 2.23. The van der Waals surface area contributed by atoms with Crippen LogP contribution in [0.15, 0.2) is 48.5 Å². The molecule has 1 fully saturated rings. The van der Waals surface area contributed by atoms with Gasteiger partial charge in [-0.05, 0) is 55.7 Å². The molecule has 158 valence electrons. The van der Waals surface area contributed by atoms with Crippen LogP contribution in [0.2, 0.25) is 0 Å². The van der Waals surface area contributed by atoms with Crippen LogP contribution in [0, 0.1) is 0 Å². The van der Waals surface area contributed by atoms with Gasteiger partial charge in [0.2, 0.25) is 11.9 Å². The van der Waals surface area contributed by atoms with Crippen molar-refractivity contribution in [1.82, 2.24) is 24.9 Å². The molecule has 0 aliphatic carbocycles. The Morgan fingerprint density at radius 2 is 1.87 bits per heavy atom. The monoisotopic (exact) mass is 415 g/mol. The van der Waals surface area contributed by atoms with Crippen LogP contribution < -0.4 is 15.5 Å². The van der Waals surface area contributed by atoms with Crippen molar-refractivity contribution in [2.24, 2.45) is 0 Å². The zero-order chi connectivity index (χ0) is 21.4. The van der Waals surface area contributed by atoms with Gasteiger partial charge in [0.1, 0.15) is 6.04 Å². The average Bonchev–Trinajstić information content (AvgIpc) is 3.14. The number of benzene rings is 2. The normalized spacial score (nSPS) is 16.8. The van der Waals surface area contributed by atoms with Crippen molar-refractivity contribution in [3.05, 3.63) is 48.5 Å². The first-order valence-electron chi connectivity index (χ1n) is 10.6. The number of nitrogens with one attached hydrogen (secondary N) is 2. The molecule has 3 heterocycles. The van der Waals surface area contributed by atoms with Crippen molar-refractivity contribution in [2.75, 3.05) is 30.9 Å². The third-order valence-electron chi connectivity index (χ3n) is 5.66. The zero-order valence-electron chi connectivity index (χ0n) is 17.7. The van der Waals surface area contributed by atoms with E-state index in [1.165, 1.54) is 0 Å². The van der Waals surface area contributed by atoms with Gasteiger partial charge in [0.05, 0.1) is 5.52 Å². The van der Waals surface area contributed by atoms with Crippen LogP contribution in [-0.2, 0) is 4.79 Å². The van der Waals surface area contributed by atoms with Gasteiger partial charge in [0.15, 0.2) is 11.5 Å². The average molecular weight is 416 g/mol. The number of carbonyl (C=O) groups is 1. The Labute approximate surface area is 180 Å². The van der Waals surface area contributed by atoms with Gasteiger partial charge in [-0.3, -0.25) is 4.79 Å². The number of hydrogen-bond donors (Lipinski definition) is 2. The maximum atomic E-state index is 12.5. The SMILES string of the molecule is CN(C)c1ccc(-c2nc3c4ccccc4nc(N[C@@H]4CCCCNC4=O)n3n2)cc1. The first-order chi connectivity index (χ1) is 15.1. The summed E-state index contributed by atoms with van der Waals surface area (Å²) in [5, 5.41) is 12.0. The zero-order valence-corrected chi connectivity index (χ0v) is 17.7. The van der Waals surface area contributed by atoms with Crippen molar-refractivity contribution in [3.63, 3.8) is 0 Å². The number of anilines is 2. The second-order valence-electron chi connectivity index (χ2n) is 8.05. The number of fused-ring (bicyclic) bond motifs is 3. The largest absolute Gasteiger partial charge is 0.378 e. The number of para-hydroxylation sites is 1. The van der Waals surface area contributed by atoms with Crippen molar-refractivity contribution in [2.45, 2.75) is 25.3 Å². The van der Waals surface area contributed by atoms with Gasteiger partial charge in [-0.15, -0.1) is 5.10 Å². The molecule has 31 heavy (non-hydrogen) atoms. The van der Waals surface area contributed by atoms with Crippen LogP contribution >= 0.6 is 0 Å². The van der Waals surface area contributed by atoms with Crippen LogP contribution in [0.1, 0.15) is 19.3 Å². The van der Waals surface area contributed by atoms with Gasteiger partial charge in [0, 0.05) is 37.3 Å². The van der Waals surface area contributed by atoms with Crippen LogP contribution in [0.3, 0.4) is 0 Å². The first kappa shape index (κ1) is 19.3. The Bertz CT molecular complexity index is 1250. The highest BCUT2D eigenvalue weighted by molar-refractivity contribution is 5.93. The van der Waals surface area contributed by atoms with E-state index in [0.717, 1.165) is 41.4 Å². The molecule has 2 aromatic heterocycles. The highest BCUT2D eigenvalue weighted by atomic mass is 16.2. The maximum Gasteiger partial charge on any atom is 0.242 e. The molecule has 0 bridgehead atoms.